The van der Waals surface area contributed by atoms with E-state index in [9.17, 15) is 4.79 Å². The molecule has 2 rings (SSSR count). The lowest BCUT2D eigenvalue weighted by molar-refractivity contribution is -0.347. The molecule has 1 aliphatic rings. The average molecular weight is 319 g/mol. The van der Waals surface area contributed by atoms with Gasteiger partial charge in [-0.2, -0.15) is 0 Å². The molecule has 1 aromatic rings. The summed E-state index contributed by atoms with van der Waals surface area (Å²) < 4.78 is 5.48. The molecule has 1 aliphatic heterocycles. The number of ether oxygens (including phenoxy) is 1. The molecule has 0 bridgehead atoms. The molecule has 1 N–H and O–H groups in total. The maximum absolute atomic E-state index is 12.3. The topological polar surface area (TPSA) is 59.6 Å². The molecule has 1 fully saturated rings. The molecule has 1 saturated heterocycles. The van der Waals surface area contributed by atoms with Crippen molar-refractivity contribution in [3.63, 3.8) is 0 Å². The number of amides is 1. The van der Waals surface area contributed by atoms with Crippen LogP contribution in [0, 0.1) is 0 Å². The first-order chi connectivity index (χ1) is 10.6. The maximum Gasteiger partial charge on any atom is 0.410 e. The number of carbonyl (C=O) groups is 1. The van der Waals surface area contributed by atoms with E-state index in [4.69, 9.17) is 4.74 Å². The fourth-order valence-corrected chi connectivity index (χ4v) is 2.77. The molecule has 0 unspecified atom stereocenters. The van der Waals surface area contributed by atoms with Crippen molar-refractivity contribution in [2.75, 3.05) is 24.5 Å². The molecule has 0 saturated carbocycles. The molecule has 1 amide bonds. The minimum atomic E-state index is -0.473. The summed E-state index contributed by atoms with van der Waals surface area (Å²) in [5.41, 5.74) is 0.369. The van der Waals surface area contributed by atoms with Crippen LogP contribution in [0.2, 0.25) is 0 Å². The van der Waals surface area contributed by atoms with Crippen LogP contribution in [0.5, 0.6) is 0 Å². The Balaban J connectivity index is 2.10. The number of anilines is 1. The van der Waals surface area contributed by atoms with Crippen molar-refractivity contribution >= 4 is 24.3 Å². The van der Waals surface area contributed by atoms with Gasteiger partial charge >= 0.3 is 11.9 Å². The van der Waals surface area contributed by atoms with Crippen molar-refractivity contribution in [3.8, 4) is 0 Å². The van der Waals surface area contributed by atoms with Gasteiger partial charge in [-0.25, -0.2) is 4.79 Å². The molecule has 126 valence electrons. The third kappa shape index (κ3) is 4.21. The first-order valence-corrected chi connectivity index (χ1v) is 7.87. The van der Waals surface area contributed by atoms with Gasteiger partial charge in [0, 0.05) is 25.7 Å². The molecule has 0 aromatic carbocycles. The van der Waals surface area contributed by atoms with Gasteiger partial charge in [0.05, 0.1) is 17.9 Å². The SMILES string of the molecule is C=[NH+]c1ccc(N2CCN(C(=O)OC(C)(C)C)CC2(C)C)cn1. The predicted molar refractivity (Wildman–Crippen MR) is 91.2 cm³/mol. The number of hydrogen-bond donors (Lipinski definition) is 1. The van der Waals surface area contributed by atoms with Crippen LogP contribution in [-0.4, -0.2) is 53.5 Å². The second-order valence-electron chi connectivity index (χ2n) is 7.44. The third-order valence-corrected chi connectivity index (χ3v) is 3.79. The Kier molecular flexibility index (Phi) is 4.63. The highest BCUT2D eigenvalue weighted by atomic mass is 16.6. The molecular weight excluding hydrogens is 292 g/mol. The van der Waals surface area contributed by atoms with Crippen molar-refractivity contribution in [1.82, 2.24) is 9.88 Å². The Labute approximate surface area is 138 Å². The highest BCUT2D eigenvalue weighted by Crippen LogP contribution is 2.28. The second kappa shape index (κ2) is 6.18. The molecule has 2 heterocycles. The quantitative estimate of drug-likeness (QED) is 0.836. The van der Waals surface area contributed by atoms with E-state index in [-0.39, 0.29) is 11.6 Å². The molecule has 0 aliphatic carbocycles. The lowest BCUT2D eigenvalue weighted by Gasteiger charge is -2.47. The monoisotopic (exact) mass is 319 g/mol. The van der Waals surface area contributed by atoms with Gasteiger partial charge in [0.1, 0.15) is 5.60 Å². The van der Waals surface area contributed by atoms with Crippen molar-refractivity contribution in [1.29, 1.82) is 0 Å². The van der Waals surface area contributed by atoms with Crippen LogP contribution in [-0.2, 0) is 4.74 Å². The Morgan fingerprint density at radius 1 is 1.35 bits per heavy atom. The zero-order valence-corrected chi connectivity index (χ0v) is 14.7. The minimum Gasteiger partial charge on any atom is -0.444 e. The van der Waals surface area contributed by atoms with Crippen molar-refractivity contribution < 1.29 is 14.5 Å². The number of pyridine rings is 1. The number of hydrogen-bond acceptors (Lipinski definition) is 4. The summed E-state index contributed by atoms with van der Waals surface area (Å²) in [6.07, 6.45) is 1.58. The van der Waals surface area contributed by atoms with E-state index in [0.29, 0.717) is 13.1 Å². The summed E-state index contributed by atoms with van der Waals surface area (Å²) in [6, 6.07) is 3.92. The van der Waals surface area contributed by atoms with E-state index >= 15 is 0 Å². The Hall–Kier alpha value is -2.11. The lowest BCUT2D eigenvalue weighted by atomic mass is 9.98. The average Bonchev–Trinajstić information content (AvgIpc) is 2.44. The molecule has 23 heavy (non-hydrogen) atoms. The molecule has 1 aromatic heterocycles. The molecule has 0 atom stereocenters. The zero-order chi connectivity index (χ0) is 17.3. The molecule has 0 radical (unpaired) electrons. The van der Waals surface area contributed by atoms with Gasteiger partial charge in [-0.3, -0.25) is 4.99 Å². The predicted octanol–water partition coefficient (Wildman–Crippen LogP) is 1.33. The van der Waals surface area contributed by atoms with Crippen LogP contribution in [0.4, 0.5) is 16.3 Å². The highest BCUT2D eigenvalue weighted by Gasteiger charge is 2.37. The highest BCUT2D eigenvalue weighted by molar-refractivity contribution is 5.69. The Bertz CT molecular complexity index is 575. The minimum absolute atomic E-state index is 0.198. The van der Waals surface area contributed by atoms with Crippen LogP contribution in [0.1, 0.15) is 34.6 Å². The van der Waals surface area contributed by atoms with Gasteiger partial charge in [0.25, 0.3) is 0 Å². The number of nitrogens with zero attached hydrogens (tertiary/aromatic N) is 3. The van der Waals surface area contributed by atoms with Gasteiger partial charge in [-0.15, -0.1) is 0 Å². The number of aromatic nitrogens is 1. The second-order valence-corrected chi connectivity index (χ2v) is 7.44. The zero-order valence-electron chi connectivity index (χ0n) is 14.7. The van der Waals surface area contributed by atoms with Crippen LogP contribution < -0.4 is 9.89 Å². The number of rotatable bonds is 2. The Morgan fingerprint density at radius 3 is 2.52 bits per heavy atom. The normalized spacial score (nSPS) is 17.8. The summed E-state index contributed by atoms with van der Waals surface area (Å²) in [7, 11) is 0. The van der Waals surface area contributed by atoms with E-state index in [1.807, 2.05) is 39.1 Å². The summed E-state index contributed by atoms with van der Waals surface area (Å²) >= 11 is 0. The van der Waals surface area contributed by atoms with Crippen LogP contribution in [0.25, 0.3) is 0 Å². The largest absolute Gasteiger partial charge is 0.444 e. The van der Waals surface area contributed by atoms with Gasteiger partial charge in [-0.1, -0.05) is 0 Å². The van der Waals surface area contributed by atoms with Gasteiger partial charge in [0.2, 0.25) is 0 Å². The summed E-state index contributed by atoms with van der Waals surface area (Å²) in [5.74, 6) is 0.735. The van der Waals surface area contributed by atoms with Gasteiger partial charge < -0.3 is 14.5 Å². The maximum atomic E-state index is 12.3. The van der Waals surface area contributed by atoms with Crippen LogP contribution in [0.3, 0.4) is 0 Å². The van der Waals surface area contributed by atoms with Crippen LogP contribution >= 0.6 is 0 Å². The number of piperazine rings is 1. The van der Waals surface area contributed by atoms with Crippen LogP contribution in [0.15, 0.2) is 18.3 Å². The molecule has 6 heteroatoms. The van der Waals surface area contributed by atoms with Crippen molar-refractivity contribution in [2.24, 2.45) is 0 Å². The van der Waals surface area contributed by atoms with E-state index in [0.717, 1.165) is 18.1 Å². The number of carbonyl (C=O) groups excluding carboxylic acids is 1. The van der Waals surface area contributed by atoms with Gasteiger partial charge in [-0.05, 0) is 45.7 Å². The third-order valence-electron chi connectivity index (χ3n) is 3.79. The van der Waals surface area contributed by atoms with Gasteiger partial charge in [0.15, 0.2) is 6.20 Å². The van der Waals surface area contributed by atoms with E-state index < -0.39 is 5.60 Å². The molecular formula is C17H27N4O2+. The summed E-state index contributed by atoms with van der Waals surface area (Å²) in [5, 5.41) is 0. The van der Waals surface area contributed by atoms with E-state index in [2.05, 4.69) is 35.4 Å². The summed E-state index contributed by atoms with van der Waals surface area (Å²) in [6.45, 7) is 15.5. The first kappa shape index (κ1) is 17.2. The van der Waals surface area contributed by atoms with Crippen molar-refractivity contribution in [2.45, 2.75) is 45.8 Å². The standard InChI is InChI=1S/C17H26N4O2/c1-16(2,3)23-15(22)20-9-10-21(17(4,5)12-20)13-7-8-14(18-6)19-11-13/h7-8,11H,6,9-10,12H2,1-5H3/p+1. The molecule has 0 spiro atoms. The van der Waals surface area contributed by atoms with E-state index in [1.165, 1.54) is 0 Å². The number of nitrogens with one attached hydrogen (secondary N) is 1. The van der Waals surface area contributed by atoms with E-state index in [1.54, 1.807) is 4.90 Å². The smallest absolute Gasteiger partial charge is 0.410 e. The Morgan fingerprint density at radius 2 is 2.04 bits per heavy atom. The lowest BCUT2D eigenvalue weighted by Crippen LogP contribution is -2.61. The van der Waals surface area contributed by atoms with Crippen molar-refractivity contribution in [3.05, 3.63) is 18.3 Å². The first-order valence-electron chi connectivity index (χ1n) is 7.87. The fraction of sp³-hybridized carbons (Fsp3) is 0.588. The fourth-order valence-electron chi connectivity index (χ4n) is 2.77. The molecule has 6 nitrogen and oxygen atoms in total. The summed E-state index contributed by atoms with van der Waals surface area (Å²) in [4.78, 5) is 23.4.